The Morgan fingerprint density at radius 3 is 2.60 bits per heavy atom. The quantitative estimate of drug-likeness (QED) is 0.769. The third kappa shape index (κ3) is 2.12. The summed E-state index contributed by atoms with van der Waals surface area (Å²) < 4.78 is 13.7. The van der Waals surface area contributed by atoms with Crippen LogP contribution in [0.2, 0.25) is 0 Å². The van der Waals surface area contributed by atoms with E-state index in [4.69, 9.17) is 5.11 Å². The van der Waals surface area contributed by atoms with Crippen molar-refractivity contribution >= 4 is 16.9 Å². The lowest BCUT2D eigenvalue weighted by Gasteiger charge is -2.05. The van der Waals surface area contributed by atoms with E-state index in [1.54, 1.807) is 12.3 Å². The van der Waals surface area contributed by atoms with E-state index >= 15 is 0 Å². The number of carbonyl (C=O) groups is 1. The van der Waals surface area contributed by atoms with Crippen LogP contribution in [0.3, 0.4) is 0 Å². The molecule has 2 aromatic carbocycles. The summed E-state index contributed by atoms with van der Waals surface area (Å²) in [6.07, 6.45) is 1.65. The number of hydrogen-bond acceptors (Lipinski definition) is 2. The molecule has 1 aromatic heterocycles. The van der Waals surface area contributed by atoms with Crippen molar-refractivity contribution in [3.05, 3.63) is 66.1 Å². The van der Waals surface area contributed by atoms with Gasteiger partial charge in [-0.2, -0.15) is 0 Å². The van der Waals surface area contributed by atoms with Crippen LogP contribution in [0.25, 0.3) is 22.0 Å². The molecule has 0 saturated heterocycles. The van der Waals surface area contributed by atoms with Gasteiger partial charge in [0.2, 0.25) is 0 Å². The average Bonchev–Trinajstić information content (AvgIpc) is 2.46. The van der Waals surface area contributed by atoms with Crippen molar-refractivity contribution in [1.29, 1.82) is 0 Å². The summed E-state index contributed by atoms with van der Waals surface area (Å²) in [6, 6.07) is 13.6. The zero-order valence-electron chi connectivity index (χ0n) is 10.4. The van der Waals surface area contributed by atoms with Crippen LogP contribution in [-0.4, -0.2) is 16.1 Å². The molecule has 0 amide bonds. The highest BCUT2D eigenvalue weighted by atomic mass is 19.1. The molecule has 20 heavy (non-hydrogen) atoms. The molecule has 0 unspecified atom stereocenters. The van der Waals surface area contributed by atoms with Crippen molar-refractivity contribution in [2.45, 2.75) is 0 Å². The van der Waals surface area contributed by atoms with Gasteiger partial charge in [0, 0.05) is 17.1 Å². The number of aromatic nitrogens is 1. The Morgan fingerprint density at radius 2 is 1.85 bits per heavy atom. The van der Waals surface area contributed by atoms with Gasteiger partial charge >= 0.3 is 5.97 Å². The van der Waals surface area contributed by atoms with Gasteiger partial charge in [-0.1, -0.05) is 24.3 Å². The Morgan fingerprint density at radius 1 is 1.05 bits per heavy atom. The average molecular weight is 267 g/mol. The lowest BCUT2D eigenvalue weighted by atomic mass is 10.0. The SMILES string of the molecule is O=C(O)c1ccc(-c2cnc3ccccc3c2)cc1F. The highest BCUT2D eigenvalue weighted by molar-refractivity contribution is 5.89. The van der Waals surface area contributed by atoms with Crippen LogP contribution in [0, 0.1) is 5.82 Å². The maximum atomic E-state index is 13.7. The predicted molar refractivity (Wildman–Crippen MR) is 74.1 cm³/mol. The Balaban J connectivity index is 2.11. The van der Waals surface area contributed by atoms with Crippen molar-refractivity contribution in [1.82, 2.24) is 4.98 Å². The van der Waals surface area contributed by atoms with Crippen LogP contribution in [-0.2, 0) is 0 Å². The second-order valence-corrected chi connectivity index (χ2v) is 4.42. The van der Waals surface area contributed by atoms with Crippen LogP contribution in [0.15, 0.2) is 54.7 Å². The smallest absolute Gasteiger partial charge is 0.338 e. The molecule has 98 valence electrons. The third-order valence-electron chi connectivity index (χ3n) is 3.12. The minimum atomic E-state index is -1.27. The molecule has 0 radical (unpaired) electrons. The van der Waals surface area contributed by atoms with Gasteiger partial charge in [-0.25, -0.2) is 9.18 Å². The van der Waals surface area contributed by atoms with E-state index in [9.17, 15) is 9.18 Å². The zero-order valence-corrected chi connectivity index (χ0v) is 10.4. The van der Waals surface area contributed by atoms with Gasteiger partial charge in [0.15, 0.2) is 0 Å². The van der Waals surface area contributed by atoms with E-state index in [2.05, 4.69) is 4.98 Å². The fourth-order valence-electron chi connectivity index (χ4n) is 2.10. The number of halogens is 1. The largest absolute Gasteiger partial charge is 0.478 e. The van der Waals surface area contributed by atoms with E-state index in [0.717, 1.165) is 16.5 Å². The van der Waals surface area contributed by atoms with Gasteiger partial charge in [-0.3, -0.25) is 4.98 Å². The highest BCUT2D eigenvalue weighted by Gasteiger charge is 2.11. The molecule has 0 aliphatic rings. The molecule has 0 atom stereocenters. The molecule has 0 spiro atoms. The molecule has 3 aromatic rings. The number of aromatic carboxylic acids is 1. The van der Waals surface area contributed by atoms with Gasteiger partial charge in [0.1, 0.15) is 5.82 Å². The number of para-hydroxylation sites is 1. The van der Waals surface area contributed by atoms with Crippen LogP contribution >= 0.6 is 0 Å². The van der Waals surface area contributed by atoms with E-state index < -0.39 is 11.8 Å². The van der Waals surface area contributed by atoms with Gasteiger partial charge in [0.25, 0.3) is 0 Å². The van der Waals surface area contributed by atoms with Crippen molar-refractivity contribution < 1.29 is 14.3 Å². The summed E-state index contributed by atoms with van der Waals surface area (Å²) in [5.41, 5.74) is 1.88. The van der Waals surface area contributed by atoms with Gasteiger partial charge < -0.3 is 5.11 Å². The number of fused-ring (bicyclic) bond motifs is 1. The maximum Gasteiger partial charge on any atom is 0.338 e. The lowest BCUT2D eigenvalue weighted by Crippen LogP contribution is -2.00. The highest BCUT2D eigenvalue weighted by Crippen LogP contribution is 2.24. The topological polar surface area (TPSA) is 50.2 Å². The Bertz CT molecular complexity index is 814. The van der Waals surface area contributed by atoms with E-state index in [1.807, 2.05) is 30.3 Å². The minimum absolute atomic E-state index is 0.331. The fraction of sp³-hybridized carbons (Fsp3) is 0. The molecular weight excluding hydrogens is 257 g/mol. The molecule has 0 bridgehead atoms. The normalized spacial score (nSPS) is 10.7. The number of rotatable bonds is 2. The van der Waals surface area contributed by atoms with Crippen molar-refractivity contribution in [2.75, 3.05) is 0 Å². The first-order chi connectivity index (χ1) is 9.65. The van der Waals surface area contributed by atoms with Crippen LogP contribution in [0.5, 0.6) is 0 Å². The maximum absolute atomic E-state index is 13.7. The zero-order chi connectivity index (χ0) is 14.1. The molecule has 0 saturated carbocycles. The Kier molecular flexibility index (Phi) is 2.91. The summed E-state index contributed by atoms with van der Waals surface area (Å²) in [5.74, 6) is -2.02. The molecule has 0 aliphatic carbocycles. The van der Waals surface area contributed by atoms with Crippen LogP contribution in [0.4, 0.5) is 4.39 Å². The monoisotopic (exact) mass is 267 g/mol. The molecule has 3 nitrogen and oxygen atoms in total. The molecule has 1 N–H and O–H groups in total. The number of hydrogen-bond donors (Lipinski definition) is 1. The number of nitrogens with zero attached hydrogens (tertiary/aromatic N) is 1. The van der Waals surface area contributed by atoms with Gasteiger partial charge in [0.05, 0.1) is 11.1 Å². The van der Waals surface area contributed by atoms with Crippen molar-refractivity contribution in [2.24, 2.45) is 0 Å². The van der Waals surface area contributed by atoms with Gasteiger partial charge in [-0.15, -0.1) is 0 Å². The first kappa shape index (κ1) is 12.3. The van der Waals surface area contributed by atoms with Gasteiger partial charge in [-0.05, 0) is 29.8 Å². The van der Waals surface area contributed by atoms with E-state index in [1.165, 1.54) is 12.1 Å². The third-order valence-corrected chi connectivity index (χ3v) is 3.12. The second kappa shape index (κ2) is 4.74. The first-order valence-electron chi connectivity index (χ1n) is 6.03. The standard InChI is InChI=1S/C16H10FNO2/c17-14-8-10(5-6-13(14)16(19)20)12-7-11-3-1-2-4-15(11)18-9-12/h1-9H,(H,19,20). The summed E-state index contributed by atoms with van der Waals surface area (Å²) in [4.78, 5) is 15.1. The van der Waals surface area contributed by atoms with Crippen LogP contribution in [0.1, 0.15) is 10.4 Å². The second-order valence-electron chi connectivity index (χ2n) is 4.42. The molecular formula is C16H10FNO2. The molecule has 1 heterocycles. The molecule has 0 aliphatic heterocycles. The molecule has 3 rings (SSSR count). The lowest BCUT2D eigenvalue weighted by molar-refractivity contribution is 0.0692. The van der Waals surface area contributed by atoms with Crippen molar-refractivity contribution in [3.8, 4) is 11.1 Å². The number of carboxylic acids is 1. The van der Waals surface area contributed by atoms with Crippen LogP contribution < -0.4 is 0 Å². The summed E-state index contributed by atoms with van der Waals surface area (Å²) in [7, 11) is 0. The Labute approximate surface area is 114 Å². The molecule has 0 fully saturated rings. The molecule has 4 heteroatoms. The fourth-order valence-corrected chi connectivity index (χ4v) is 2.10. The number of pyridine rings is 1. The predicted octanol–water partition coefficient (Wildman–Crippen LogP) is 3.74. The summed E-state index contributed by atoms with van der Waals surface area (Å²) in [6.45, 7) is 0. The summed E-state index contributed by atoms with van der Waals surface area (Å²) >= 11 is 0. The van der Waals surface area contributed by atoms with E-state index in [-0.39, 0.29) is 5.56 Å². The minimum Gasteiger partial charge on any atom is -0.478 e. The number of benzene rings is 2. The van der Waals surface area contributed by atoms with Crippen molar-refractivity contribution in [3.63, 3.8) is 0 Å². The first-order valence-corrected chi connectivity index (χ1v) is 6.03. The van der Waals surface area contributed by atoms with E-state index in [0.29, 0.717) is 5.56 Å². The number of carboxylic acid groups (broad SMARTS) is 1. The Hall–Kier alpha value is -2.75. The summed E-state index contributed by atoms with van der Waals surface area (Å²) in [5, 5.41) is 9.77.